The fraction of sp³-hybridized carbons (Fsp3) is 0.312. The predicted octanol–water partition coefficient (Wildman–Crippen LogP) is 5.99. The highest BCUT2D eigenvalue weighted by molar-refractivity contribution is 6.00. The lowest BCUT2D eigenvalue weighted by Gasteiger charge is -2.27. The minimum Gasteiger partial charge on any atom is -0.493 e. The molecule has 8 heteroatoms. The Kier molecular flexibility index (Phi) is 7.96. The van der Waals surface area contributed by atoms with Crippen molar-refractivity contribution in [2.45, 2.75) is 32.7 Å². The van der Waals surface area contributed by atoms with Crippen molar-refractivity contribution in [3.05, 3.63) is 88.6 Å². The summed E-state index contributed by atoms with van der Waals surface area (Å²) in [7, 11) is 4.87. The maximum absolute atomic E-state index is 13.8. The van der Waals surface area contributed by atoms with Crippen LogP contribution in [0.25, 0.3) is 11.3 Å². The molecule has 0 radical (unpaired) electrons. The van der Waals surface area contributed by atoms with Gasteiger partial charge in [-0.15, -0.1) is 0 Å². The number of amides is 1. The molecular weight excluding hydrogens is 506 g/mol. The SMILES string of the molecule is CCCOc1ccc(C2c3c(-c4ccc(C)cc4)n[nH]c3C(=O)N2CCc2ccc(OC)c(OC)c2)cc1OC. The lowest BCUT2D eigenvalue weighted by Crippen LogP contribution is -2.31. The van der Waals surface area contributed by atoms with Gasteiger partial charge >= 0.3 is 0 Å². The molecule has 0 saturated heterocycles. The molecule has 40 heavy (non-hydrogen) atoms. The number of H-pyrrole nitrogens is 1. The van der Waals surface area contributed by atoms with Crippen LogP contribution >= 0.6 is 0 Å². The zero-order valence-electron chi connectivity index (χ0n) is 23.6. The second kappa shape index (κ2) is 11.7. The van der Waals surface area contributed by atoms with E-state index in [1.165, 1.54) is 0 Å². The largest absolute Gasteiger partial charge is 0.493 e. The van der Waals surface area contributed by atoms with Crippen molar-refractivity contribution >= 4 is 5.91 Å². The third kappa shape index (κ3) is 5.09. The molecule has 1 atom stereocenters. The van der Waals surface area contributed by atoms with Gasteiger partial charge in [-0.3, -0.25) is 9.89 Å². The molecule has 1 unspecified atom stereocenters. The number of ether oxygens (including phenoxy) is 4. The van der Waals surface area contributed by atoms with Crippen LogP contribution in [-0.2, 0) is 6.42 Å². The summed E-state index contributed by atoms with van der Waals surface area (Å²) in [6.07, 6.45) is 1.53. The van der Waals surface area contributed by atoms with Crippen molar-refractivity contribution in [1.82, 2.24) is 15.1 Å². The smallest absolute Gasteiger partial charge is 0.273 e. The molecule has 2 heterocycles. The highest BCUT2D eigenvalue weighted by atomic mass is 16.5. The molecule has 0 saturated carbocycles. The van der Waals surface area contributed by atoms with Gasteiger partial charge in [-0.25, -0.2) is 0 Å². The highest BCUT2D eigenvalue weighted by Gasteiger charge is 2.42. The van der Waals surface area contributed by atoms with Crippen LogP contribution in [0, 0.1) is 6.92 Å². The van der Waals surface area contributed by atoms with Crippen molar-refractivity contribution in [2.75, 3.05) is 34.5 Å². The van der Waals surface area contributed by atoms with Crippen LogP contribution in [0.15, 0.2) is 60.7 Å². The molecule has 4 aromatic rings. The Morgan fingerprint density at radius 1 is 0.875 bits per heavy atom. The Labute approximate surface area is 234 Å². The van der Waals surface area contributed by atoms with Crippen LogP contribution in [0.1, 0.15) is 52.1 Å². The van der Waals surface area contributed by atoms with E-state index >= 15 is 0 Å². The third-order valence-corrected chi connectivity index (χ3v) is 7.24. The molecule has 0 bridgehead atoms. The molecule has 1 aliphatic rings. The fourth-order valence-corrected chi connectivity index (χ4v) is 5.18. The summed E-state index contributed by atoms with van der Waals surface area (Å²) in [6.45, 7) is 5.20. The second-order valence-electron chi connectivity index (χ2n) is 9.83. The predicted molar refractivity (Wildman–Crippen MR) is 154 cm³/mol. The number of carbonyl (C=O) groups excluding carboxylic acids is 1. The first-order valence-corrected chi connectivity index (χ1v) is 13.5. The minimum atomic E-state index is -0.355. The first-order chi connectivity index (χ1) is 19.5. The number of benzene rings is 3. The van der Waals surface area contributed by atoms with Crippen molar-refractivity contribution in [3.8, 4) is 34.3 Å². The molecular formula is C32H35N3O5. The molecule has 208 valence electrons. The van der Waals surface area contributed by atoms with Gasteiger partial charge in [0.05, 0.1) is 39.7 Å². The first-order valence-electron chi connectivity index (χ1n) is 13.5. The summed E-state index contributed by atoms with van der Waals surface area (Å²) in [5, 5.41) is 7.64. The second-order valence-corrected chi connectivity index (χ2v) is 9.83. The Bertz CT molecular complexity index is 1500. The van der Waals surface area contributed by atoms with Crippen molar-refractivity contribution < 1.29 is 23.7 Å². The average molecular weight is 542 g/mol. The topological polar surface area (TPSA) is 85.9 Å². The number of hydrogen-bond donors (Lipinski definition) is 1. The number of aromatic amines is 1. The van der Waals surface area contributed by atoms with Crippen molar-refractivity contribution in [1.29, 1.82) is 0 Å². The highest BCUT2D eigenvalue weighted by Crippen LogP contribution is 2.44. The zero-order chi connectivity index (χ0) is 28.2. The Morgan fingerprint density at radius 3 is 2.27 bits per heavy atom. The van der Waals surface area contributed by atoms with E-state index < -0.39 is 0 Å². The van der Waals surface area contributed by atoms with E-state index in [9.17, 15) is 4.79 Å². The van der Waals surface area contributed by atoms with Crippen LogP contribution in [0.3, 0.4) is 0 Å². The number of carbonyl (C=O) groups is 1. The molecule has 1 N–H and O–H groups in total. The summed E-state index contributed by atoms with van der Waals surface area (Å²) < 4.78 is 22.5. The quantitative estimate of drug-likeness (QED) is 0.251. The summed E-state index contributed by atoms with van der Waals surface area (Å²) >= 11 is 0. The average Bonchev–Trinajstić information content (AvgIpc) is 3.53. The van der Waals surface area contributed by atoms with Gasteiger partial charge in [0.25, 0.3) is 5.91 Å². The molecule has 3 aromatic carbocycles. The van der Waals surface area contributed by atoms with Crippen molar-refractivity contribution in [2.24, 2.45) is 0 Å². The van der Waals surface area contributed by atoms with E-state index in [4.69, 9.17) is 18.9 Å². The lowest BCUT2D eigenvalue weighted by atomic mass is 9.95. The Hall–Kier alpha value is -4.46. The maximum atomic E-state index is 13.8. The number of aromatic nitrogens is 2. The van der Waals surface area contributed by atoms with E-state index in [1.54, 1.807) is 21.3 Å². The van der Waals surface area contributed by atoms with Crippen LogP contribution in [0.4, 0.5) is 0 Å². The third-order valence-electron chi connectivity index (χ3n) is 7.24. The van der Waals surface area contributed by atoms with E-state index in [-0.39, 0.29) is 11.9 Å². The molecule has 1 amide bonds. The van der Waals surface area contributed by atoms with Gasteiger partial charge in [0, 0.05) is 17.7 Å². The summed E-state index contributed by atoms with van der Waals surface area (Å²) in [4.78, 5) is 15.7. The number of hydrogen-bond acceptors (Lipinski definition) is 6. The number of nitrogens with one attached hydrogen (secondary N) is 1. The van der Waals surface area contributed by atoms with Crippen LogP contribution < -0.4 is 18.9 Å². The van der Waals surface area contributed by atoms with E-state index in [0.29, 0.717) is 48.3 Å². The van der Waals surface area contributed by atoms with Gasteiger partial charge in [0.1, 0.15) is 5.69 Å². The molecule has 1 aliphatic heterocycles. The molecule has 0 aliphatic carbocycles. The van der Waals surface area contributed by atoms with Crippen LogP contribution in [0.5, 0.6) is 23.0 Å². The molecule has 0 spiro atoms. The van der Waals surface area contributed by atoms with Gasteiger partial charge in [-0.05, 0) is 55.2 Å². The summed E-state index contributed by atoms with van der Waals surface area (Å²) in [5.74, 6) is 2.56. The molecule has 1 aromatic heterocycles. The van der Waals surface area contributed by atoms with E-state index in [0.717, 1.165) is 39.9 Å². The number of aryl methyl sites for hydroxylation is 1. The molecule has 8 nitrogen and oxygen atoms in total. The fourth-order valence-electron chi connectivity index (χ4n) is 5.18. The minimum absolute atomic E-state index is 0.0865. The van der Waals surface area contributed by atoms with E-state index in [1.807, 2.05) is 53.4 Å². The normalized spacial score (nSPS) is 14.3. The summed E-state index contributed by atoms with van der Waals surface area (Å²) in [5.41, 5.74) is 6.23. The standard InChI is InChI=1S/C32H35N3O5/c1-6-17-40-25-14-12-23(19-27(25)39-5)31-28-29(22-10-7-20(2)8-11-22)33-34-30(28)32(36)35(31)16-15-21-9-13-24(37-3)26(18-21)38-4/h7-14,18-19,31H,6,15-17H2,1-5H3,(H,33,34). The molecule has 0 fully saturated rings. The van der Waals surface area contributed by atoms with Gasteiger partial charge < -0.3 is 23.8 Å². The van der Waals surface area contributed by atoms with Gasteiger partial charge in [0.15, 0.2) is 23.0 Å². The van der Waals surface area contributed by atoms with Gasteiger partial charge in [-0.1, -0.05) is 48.9 Å². The lowest BCUT2D eigenvalue weighted by molar-refractivity contribution is 0.0745. The van der Waals surface area contributed by atoms with E-state index in [2.05, 4.69) is 36.2 Å². The van der Waals surface area contributed by atoms with Gasteiger partial charge in [0.2, 0.25) is 0 Å². The Balaban J connectivity index is 1.55. The van der Waals surface area contributed by atoms with Crippen LogP contribution in [0.2, 0.25) is 0 Å². The number of methoxy groups -OCH3 is 3. The maximum Gasteiger partial charge on any atom is 0.273 e. The Morgan fingerprint density at radius 2 is 1.57 bits per heavy atom. The summed E-state index contributed by atoms with van der Waals surface area (Å²) in [6, 6.07) is 19.6. The monoisotopic (exact) mass is 541 g/mol. The molecule has 5 rings (SSSR count). The van der Waals surface area contributed by atoms with Crippen LogP contribution in [-0.4, -0.2) is 55.5 Å². The number of fused-ring (bicyclic) bond motifs is 1. The number of nitrogens with zero attached hydrogens (tertiary/aromatic N) is 2. The first kappa shape index (κ1) is 27.1. The van der Waals surface area contributed by atoms with Crippen molar-refractivity contribution in [3.63, 3.8) is 0 Å². The zero-order valence-corrected chi connectivity index (χ0v) is 23.6. The van der Waals surface area contributed by atoms with Gasteiger partial charge in [-0.2, -0.15) is 5.10 Å². The number of rotatable bonds is 11.